The Balaban J connectivity index is 2.53. The Morgan fingerprint density at radius 2 is 1.79 bits per heavy atom. The van der Waals surface area contributed by atoms with Gasteiger partial charge in [0.25, 0.3) is 0 Å². The topological polar surface area (TPSA) is 39.7 Å². The molecule has 0 amide bonds. The highest BCUT2D eigenvalue weighted by atomic mass is 79.9. The minimum absolute atomic E-state index is 0.273. The molecule has 1 aromatic rings. The fourth-order valence-corrected chi connectivity index (χ4v) is 2.08. The molecule has 0 radical (unpaired) electrons. The first kappa shape index (κ1) is 16.3. The largest absolute Gasteiger partial charge is 0.493 e. The van der Waals surface area contributed by atoms with Crippen molar-refractivity contribution >= 4 is 15.9 Å². The number of halogens is 1. The van der Waals surface area contributed by atoms with Gasteiger partial charge in [-0.2, -0.15) is 0 Å². The predicted molar refractivity (Wildman–Crippen MR) is 80.0 cm³/mol. The molecule has 0 saturated heterocycles. The maximum Gasteiger partial charge on any atom is 0.161 e. The lowest BCUT2D eigenvalue weighted by Gasteiger charge is -2.13. The molecule has 108 valence electrons. The third-order valence-corrected chi connectivity index (χ3v) is 3.34. The molecule has 19 heavy (non-hydrogen) atoms. The Morgan fingerprint density at radius 1 is 1.16 bits per heavy atom. The van der Waals surface area contributed by atoms with Crippen LogP contribution in [0.4, 0.5) is 0 Å². The van der Waals surface area contributed by atoms with Gasteiger partial charge in [0.15, 0.2) is 11.5 Å². The van der Waals surface area contributed by atoms with Gasteiger partial charge in [-0.1, -0.05) is 15.9 Å². The van der Waals surface area contributed by atoms with Crippen molar-refractivity contribution in [3.05, 3.63) is 22.2 Å². The van der Waals surface area contributed by atoms with Crippen LogP contribution in [0.2, 0.25) is 0 Å². The van der Waals surface area contributed by atoms with Gasteiger partial charge >= 0.3 is 0 Å². The molecule has 0 heterocycles. The molecular weight excluding hydrogens is 310 g/mol. The fourth-order valence-electron chi connectivity index (χ4n) is 1.62. The zero-order valence-electron chi connectivity index (χ0n) is 12.0. The van der Waals surface area contributed by atoms with Gasteiger partial charge in [-0.3, -0.25) is 0 Å². The summed E-state index contributed by atoms with van der Waals surface area (Å²) in [6, 6.07) is 3.89. The van der Waals surface area contributed by atoms with Crippen LogP contribution in [0.3, 0.4) is 0 Å². The number of nitrogens with one attached hydrogen (secondary N) is 1. The van der Waals surface area contributed by atoms with Crippen molar-refractivity contribution in [1.29, 1.82) is 0 Å². The van der Waals surface area contributed by atoms with E-state index in [9.17, 15) is 0 Å². The van der Waals surface area contributed by atoms with Gasteiger partial charge in [0.05, 0.1) is 26.9 Å². The second-order valence-electron chi connectivity index (χ2n) is 4.39. The lowest BCUT2D eigenvalue weighted by molar-refractivity contribution is 0.0807. The fraction of sp³-hybridized carbons (Fsp3) is 0.571. The Labute approximate surface area is 123 Å². The van der Waals surface area contributed by atoms with Crippen LogP contribution >= 0.6 is 15.9 Å². The molecule has 5 heteroatoms. The highest BCUT2D eigenvalue weighted by molar-refractivity contribution is 9.10. The van der Waals surface area contributed by atoms with Crippen molar-refractivity contribution in [2.24, 2.45) is 0 Å². The number of benzene rings is 1. The van der Waals surface area contributed by atoms with Crippen LogP contribution < -0.4 is 14.8 Å². The first-order chi connectivity index (χ1) is 9.08. The number of hydrogen-bond acceptors (Lipinski definition) is 4. The Morgan fingerprint density at radius 3 is 2.37 bits per heavy atom. The van der Waals surface area contributed by atoms with E-state index >= 15 is 0 Å². The molecule has 0 unspecified atom stereocenters. The van der Waals surface area contributed by atoms with Gasteiger partial charge in [0, 0.05) is 17.6 Å². The van der Waals surface area contributed by atoms with E-state index in [4.69, 9.17) is 14.2 Å². The van der Waals surface area contributed by atoms with Crippen molar-refractivity contribution in [3.63, 3.8) is 0 Å². The molecule has 0 aliphatic heterocycles. The first-order valence-electron chi connectivity index (χ1n) is 6.31. The van der Waals surface area contributed by atoms with E-state index in [2.05, 4.69) is 21.2 Å². The Kier molecular flexibility index (Phi) is 7.20. The van der Waals surface area contributed by atoms with E-state index in [0.717, 1.165) is 34.6 Å². The van der Waals surface area contributed by atoms with Crippen molar-refractivity contribution in [3.8, 4) is 11.5 Å². The third kappa shape index (κ3) is 5.38. The van der Waals surface area contributed by atoms with Crippen LogP contribution in [0.5, 0.6) is 11.5 Å². The molecule has 1 rings (SSSR count). The molecule has 0 aliphatic rings. The van der Waals surface area contributed by atoms with Crippen LogP contribution in [-0.4, -0.2) is 33.5 Å². The van der Waals surface area contributed by atoms with E-state index in [1.165, 1.54) is 0 Å². The van der Waals surface area contributed by atoms with Gasteiger partial charge in [-0.05, 0) is 31.5 Å². The van der Waals surface area contributed by atoms with E-state index in [0.29, 0.717) is 6.61 Å². The molecule has 0 atom stereocenters. The average molecular weight is 332 g/mol. The number of hydrogen-bond donors (Lipinski definition) is 1. The van der Waals surface area contributed by atoms with E-state index in [1.807, 2.05) is 26.0 Å². The quantitative estimate of drug-likeness (QED) is 0.743. The zero-order valence-corrected chi connectivity index (χ0v) is 13.5. The molecule has 1 aromatic carbocycles. The van der Waals surface area contributed by atoms with Gasteiger partial charge in [-0.15, -0.1) is 0 Å². The maximum absolute atomic E-state index is 5.47. The maximum atomic E-state index is 5.47. The zero-order chi connectivity index (χ0) is 14.3. The van der Waals surface area contributed by atoms with Crippen LogP contribution in [0, 0.1) is 0 Å². The SMILES string of the molecule is COc1cc(Br)c(CNCCOC(C)C)cc1OC. The summed E-state index contributed by atoms with van der Waals surface area (Å²) in [6.45, 7) is 6.35. The number of ether oxygens (including phenoxy) is 3. The normalized spacial score (nSPS) is 10.8. The molecule has 0 bridgehead atoms. The van der Waals surface area contributed by atoms with Crippen molar-refractivity contribution in [2.75, 3.05) is 27.4 Å². The second kappa shape index (κ2) is 8.40. The molecule has 0 aliphatic carbocycles. The molecule has 0 fully saturated rings. The van der Waals surface area contributed by atoms with E-state index in [1.54, 1.807) is 14.2 Å². The summed E-state index contributed by atoms with van der Waals surface area (Å²) in [4.78, 5) is 0. The second-order valence-corrected chi connectivity index (χ2v) is 5.25. The highest BCUT2D eigenvalue weighted by Gasteiger charge is 2.09. The molecular formula is C14H22BrNO3. The van der Waals surface area contributed by atoms with E-state index < -0.39 is 0 Å². The van der Waals surface area contributed by atoms with Crippen LogP contribution in [0.25, 0.3) is 0 Å². The third-order valence-electron chi connectivity index (χ3n) is 2.60. The Bertz CT molecular complexity index is 397. The Hall–Kier alpha value is -0.780. The highest BCUT2D eigenvalue weighted by Crippen LogP contribution is 2.33. The van der Waals surface area contributed by atoms with Gasteiger partial charge in [-0.25, -0.2) is 0 Å². The summed E-state index contributed by atoms with van der Waals surface area (Å²) in [6.07, 6.45) is 0.273. The smallest absolute Gasteiger partial charge is 0.161 e. The van der Waals surface area contributed by atoms with Crippen molar-refractivity contribution in [2.45, 2.75) is 26.5 Å². The lowest BCUT2D eigenvalue weighted by Crippen LogP contribution is -2.21. The molecule has 0 aromatic heterocycles. The standard InChI is InChI=1S/C14H22BrNO3/c1-10(2)19-6-5-16-9-11-7-13(17-3)14(18-4)8-12(11)15/h7-8,10,16H,5-6,9H2,1-4H3. The van der Waals surface area contributed by atoms with Crippen molar-refractivity contribution in [1.82, 2.24) is 5.32 Å². The molecule has 0 spiro atoms. The average Bonchev–Trinajstić information content (AvgIpc) is 2.39. The molecule has 0 saturated carbocycles. The number of rotatable bonds is 8. The molecule has 4 nitrogen and oxygen atoms in total. The van der Waals surface area contributed by atoms with Gasteiger partial charge < -0.3 is 19.5 Å². The first-order valence-corrected chi connectivity index (χ1v) is 7.10. The van der Waals surface area contributed by atoms with Gasteiger partial charge in [0.1, 0.15) is 0 Å². The minimum Gasteiger partial charge on any atom is -0.493 e. The monoisotopic (exact) mass is 331 g/mol. The predicted octanol–water partition coefficient (Wildman–Crippen LogP) is 2.98. The van der Waals surface area contributed by atoms with E-state index in [-0.39, 0.29) is 6.10 Å². The summed E-state index contributed by atoms with van der Waals surface area (Å²) in [7, 11) is 3.27. The van der Waals surface area contributed by atoms with Gasteiger partial charge in [0.2, 0.25) is 0 Å². The minimum atomic E-state index is 0.273. The van der Waals surface area contributed by atoms with Crippen LogP contribution in [-0.2, 0) is 11.3 Å². The van der Waals surface area contributed by atoms with Crippen LogP contribution in [0.15, 0.2) is 16.6 Å². The lowest BCUT2D eigenvalue weighted by atomic mass is 10.2. The van der Waals surface area contributed by atoms with Crippen LogP contribution in [0.1, 0.15) is 19.4 Å². The summed E-state index contributed by atoms with van der Waals surface area (Å²) in [5, 5.41) is 3.34. The molecule has 1 N–H and O–H groups in total. The summed E-state index contributed by atoms with van der Waals surface area (Å²) in [5.41, 5.74) is 1.13. The summed E-state index contributed by atoms with van der Waals surface area (Å²) >= 11 is 3.54. The summed E-state index contributed by atoms with van der Waals surface area (Å²) in [5.74, 6) is 1.46. The number of methoxy groups -OCH3 is 2. The van der Waals surface area contributed by atoms with Crippen molar-refractivity contribution < 1.29 is 14.2 Å². The summed E-state index contributed by atoms with van der Waals surface area (Å²) < 4.78 is 17.0.